The summed E-state index contributed by atoms with van der Waals surface area (Å²) in [5.41, 5.74) is 5.14. The lowest BCUT2D eigenvalue weighted by Gasteiger charge is -2.10. The van der Waals surface area contributed by atoms with Crippen LogP contribution in [0.3, 0.4) is 0 Å². The molecule has 2 aromatic rings. The van der Waals surface area contributed by atoms with Crippen LogP contribution in [0.25, 0.3) is 11.1 Å². The highest BCUT2D eigenvalue weighted by Gasteiger charge is 2.30. The van der Waals surface area contributed by atoms with Gasteiger partial charge in [0.2, 0.25) is 0 Å². The second-order valence-electron chi connectivity index (χ2n) is 3.91. The van der Waals surface area contributed by atoms with Crippen LogP contribution in [0.5, 0.6) is 0 Å². The fourth-order valence-electron chi connectivity index (χ4n) is 1.63. The zero-order chi connectivity index (χ0) is 14.2. The Hall–Kier alpha value is -1.75. The lowest BCUT2D eigenvalue weighted by atomic mass is 10.0. The number of halogens is 5. The van der Waals surface area contributed by atoms with Gasteiger partial charge >= 0.3 is 6.18 Å². The van der Waals surface area contributed by atoms with Crippen molar-refractivity contribution in [2.75, 3.05) is 5.73 Å². The molecule has 0 atom stereocenters. The van der Waals surface area contributed by atoms with Gasteiger partial charge in [-0.05, 0) is 23.8 Å². The molecule has 0 aliphatic rings. The summed E-state index contributed by atoms with van der Waals surface area (Å²) >= 11 is 5.79. The molecule has 0 aliphatic carbocycles. The molecule has 6 heteroatoms. The third-order valence-corrected chi connectivity index (χ3v) is 3.00. The van der Waals surface area contributed by atoms with Crippen LogP contribution in [0.2, 0.25) is 5.02 Å². The molecule has 0 spiro atoms. The Morgan fingerprint density at radius 2 is 1.53 bits per heavy atom. The molecule has 0 aliphatic heterocycles. The van der Waals surface area contributed by atoms with Crippen molar-refractivity contribution in [1.29, 1.82) is 0 Å². The van der Waals surface area contributed by atoms with E-state index in [9.17, 15) is 17.6 Å². The molecule has 2 aromatic carbocycles. The van der Waals surface area contributed by atoms with Gasteiger partial charge < -0.3 is 5.73 Å². The van der Waals surface area contributed by atoms with E-state index in [0.29, 0.717) is 11.1 Å². The highest BCUT2D eigenvalue weighted by Crippen LogP contribution is 2.35. The Bertz CT molecular complexity index is 605. The molecule has 2 rings (SSSR count). The SMILES string of the molecule is Nc1ccc(-c2ccc(C(F)(F)F)cc2)c(Cl)c1F. The molecule has 0 heterocycles. The minimum atomic E-state index is -4.41. The highest BCUT2D eigenvalue weighted by molar-refractivity contribution is 6.33. The van der Waals surface area contributed by atoms with Gasteiger partial charge in [0.25, 0.3) is 0 Å². The first-order valence-corrected chi connectivity index (χ1v) is 5.59. The third kappa shape index (κ3) is 2.66. The number of nitrogen functional groups attached to an aromatic ring is 1. The largest absolute Gasteiger partial charge is 0.416 e. The predicted octanol–water partition coefficient (Wildman–Crippen LogP) is 4.75. The van der Waals surface area contributed by atoms with Crippen molar-refractivity contribution in [2.24, 2.45) is 0 Å². The van der Waals surface area contributed by atoms with E-state index in [-0.39, 0.29) is 10.7 Å². The molecule has 1 nitrogen and oxygen atoms in total. The molecule has 0 aromatic heterocycles. The summed E-state index contributed by atoms with van der Waals surface area (Å²) in [7, 11) is 0. The Morgan fingerprint density at radius 1 is 0.947 bits per heavy atom. The van der Waals surface area contributed by atoms with Crippen molar-refractivity contribution < 1.29 is 17.6 Å². The van der Waals surface area contributed by atoms with Crippen LogP contribution in [0, 0.1) is 5.82 Å². The Morgan fingerprint density at radius 3 is 2.05 bits per heavy atom. The summed E-state index contributed by atoms with van der Waals surface area (Å²) in [4.78, 5) is 0. The van der Waals surface area contributed by atoms with Crippen molar-refractivity contribution >= 4 is 17.3 Å². The first-order chi connectivity index (χ1) is 8.80. The zero-order valence-electron chi connectivity index (χ0n) is 9.43. The molecule has 19 heavy (non-hydrogen) atoms. The maximum Gasteiger partial charge on any atom is 0.416 e. The van der Waals surface area contributed by atoms with Crippen LogP contribution in [0.4, 0.5) is 23.2 Å². The van der Waals surface area contributed by atoms with Crippen LogP contribution >= 0.6 is 11.6 Å². The molecule has 0 fully saturated rings. The summed E-state index contributed by atoms with van der Waals surface area (Å²) in [5, 5.41) is -0.209. The number of anilines is 1. The van der Waals surface area contributed by atoms with Gasteiger partial charge in [-0.15, -0.1) is 0 Å². The topological polar surface area (TPSA) is 26.0 Å². The van der Waals surface area contributed by atoms with Crippen molar-refractivity contribution in [3.05, 3.63) is 52.8 Å². The van der Waals surface area contributed by atoms with Gasteiger partial charge in [-0.1, -0.05) is 29.8 Å². The van der Waals surface area contributed by atoms with Crippen LogP contribution in [-0.2, 0) is 6.18 Å². The molecule has 0 amide bonds. The van der Waals surface area contributed by atoms with Gasteiger partial charge in [-0.2, -0.15) is 13.2 Å². The van der Waals surface area contributed by atoms with Crippen molar-refractivity contribution in [3.8, 4) is 11.1 Å². The van der Waals surface area contributed by atoms with E-state index in [1.807, 2.05) is 0 Å². The molecular formula is C13H8ClF4N. The predicted molar refractivity (Wildman–Crippen MR) is 66.3 cm³/mol. The number of alkyl halides is 3. The first kappa shape index (κ1) is 13.7. The maximum absolute atomic E-state index is 13.5. The van der Waals surface area contributed by atoms with Gasteiger partial charge in [0.1, 0.15) is 0 Å². The summed E-state index contributed by atoms with van der Waals surface area (Å²) in [6.07, 6.45) is -4.41. The molecule has 0 radical (unpaired) electrons. The minimum Gasteiger partial charge on any atom is -0.396 e. The number of benzene rings is 2. The molecule has 0 saturated heterocycles. The Balaban J connectivity index is 2.46. The number of nitrogens with two attached hydrogens (primary N) is 1. The summed E-state index contributed by atoms with van der Waals surface area (Å²) in [6.45, 7) is 0. The standard InChI is InChI=1S/C13H8ClF4N/c14-11-9(5-6-10(19)12(11)15)7-1-3-8(4-2-7)13(16,17)18/h1-6H,19H2. The summed E-state index contributed by atoms with van der Waals surface area (Å²) in [6, 6.07) is 7.08. The van der Waals surface area contributed by atoms with E-state index >= 15 is 0 Å². The smallest absolute Gasteiger partial charge is 0.396 e. The fraction of sp³-hybridized carbons (Fsp3) is 0.0769. The monoisotopic (exact) mass is 289 g/mol. The van der Waals surface area contributed by atoms with Crippen LogP contribution in [0.15, 0.2) is 36.4 Å². The molecular weight excluding hydrogens is 282 g/mol. The van der Waals surface area contributed by atoms with E-state index in [1.165, 1.54) is 24.3 Å². The summed E-state index contributed by atoms with van der Waals surface area (Å²) in [5.74, 6) is -0.779. The minimum absolute atomic E-state index is 0.110. The molecule has 100 valence electrons. The maximum atomic E-state index is 13.5. The van der Waals surface area contributed by atoms with E-state index in [1.54, 1.807) is 0 Å². The third-order valence-electron chi connectivity index (χ3n) is 2.64. The fourth-order valence-corrected chi connectivity index (χ4v) is 1.91. The highest BCUT2D eigenvalue weighted by atomic mass is 35.5. The lowest BCUT2D eigenvalue weighted by molar-refractivity contribution is -0.137. The molecule has 0 bridgehead atoms. The van der Waals surface area contributed by atoms with Crippen LogP contribution < -0.4 is 5.73 Å². The molecule has 0 saturated carbocycles. The van der Waals surface area contributed by atoms with Gasteiger partial charge in [-0.25, -0.2) is 4.39 Å². The van der Waals surface area contributed by atoms with E-state index < -0.39 is 17.6 Å². The Kier molecular flexibility index (Phi) is 3.41. The van der Waals surface area contributed by atoms with E-state index in [4.69, 9.17) is 17.3 Å². The van der Waals surface area contributed by atoms with Gasteiger partial charge in [0, 0.05) is 5.56 Å². The average molecular weight is 290 g/mol. The Labute approximate surface area is 111 Å². The molecule has 0 unspecified atom stereocenters. The second kappa shape index (κ2) is 4.74. The molecule has 2 N–H and O–H groups in total. The number of hydrogen-bond acceptors (Lipinski definition) is 1. The van der Waals surface area contributed by atoms with Gasteiger partial charge in [0.05, 0.1) is 16.3 Å². The van der Waals surface area contributed by atoms with Crippen molar-refractivity contribution in [2.45, 2.75) is 6.18 Å². The normalized spacial score (nSPS) is 11.6. The van der Waals surface area contributed by atoms with Gasteiger partial charge in [-0.3, -0.25) is 0 Å². The second-order valence-corrected chi connectivity index (χ2v) is 4.28. The lowest BCUT2D eigenvalue weighted by Crippen LogP contribution is -2.04. The van der Waals surface area contributed by atoms with Crippen LogP contribution in [0.1, 0.15) is 5.56 Å². The first-order valence-electron chi connectivity index (χ1n) is 5.22. The quantitative estimate of drug-likeness (QED) is 0.595. The van der Waals surface area contributed by atoms with E-state index in [0.717, 1.165) is 12.1 Å². The average Bonchev–Trinajstić information content (AvgIpc) is 2.35. The van der Waals surface area contributed by atoms with E-state index in [2.05, 4.69) is 0 Å². The van der Waals surface area contributed by atoms with Crippen LogP contribution in [-0.4, -0.2) is 0 Å². The zero-order valence-corrected chi connectivity index (χ0v) is 10.2. The number of hydrogen-bond donors (Lipinski definition) is 1. The summed E-state index contributed by atoms with van der Waals surface area (Å²) < 4.78 is 50.8. The van der Waals surface area contributed by atoms with Gasteiger partial charge in [0.15, 0.2) is 5.82 Å². The van der Waals surface area contributed by atoms with Crippen molar-refractivity contribution in [3.63, 3.8) is 0 Å². The van der Waals surface area contributed by atoms with Crippen molar-refractivity contribution in [1.82, 2.24) is 0 Å². The number of rotatable bonds is 1.